The number of amides is 1. The van der Waals surface area contributed by atoms with Crippen LogP contribution in [-0.4, -0.2) is 51.7 Å². The van der Waals surface area contributed by atoms with Crippen LogP contribution in [0.3, 0.4) is 0 Å². The van der Waals surface area contributed by atoms with Crippen molar-refractivity contribution in [3.63, 3.8) is 0 Å². The van der Waals surface area contributed by atoms with E-state index in [1.165, 1.54) is 0 Å². The minimum Gasteiger partial charge on any atom is -0.378 e. The number of nitrogens with zero attached hydrogens (tertiary/aromatic N) is 1. The van der Waals surface area contributed by atoms with E-state index in [0.717, 1.165) is 40.8 Å². The van der Waals surface area contributed by atoms with E-state index in [9.17, 15) is 13.2 Å². The number of ether oxygens (including phenoxy) is 1. The summed E-state index contributed by atoms with van der Waals surface area (Å²) in [5.41, 5.74) is 4.38. The summed E-state index contributed by atoms with van der Waals surface area (Å²) in [5, 5.41) is 3.85. The Morgan fingerprint density at radius 1 is 1.00 bits per heavy atom. The molecular weight excluding hydrogens is 488 g/mol. The lowest BCUT2D eigenvalue weighted by atomic mass is 10.0. The first kappa shape index (κ1) is 25.0. The molecule has 0 spiro atoms. The molecule has 1 amide bonds. The fraction of sp³-hybridized carbons (Fsp3) is 0.250. The van der Waals surface area contributed by atoms with Crippen LogP contribution in [0.4, 0.5) is 11.4 Å². The lowest BCUT2D eigenvalue weighted by molar-refractivity contribution is -0.117. The highest BCUT2D eigenvalue weighted by atomic mass is 32.2. The van der Waals surface area contributed by atoms with Crippen LogP contribution in [0.15, 0.2) is 83.9 Å². The molecule has 1 aliphatic rings. The van der Waals surface area contributed by atoms with E-state index >= 15 is 0 Å². The predicted octanol–water partition coefficient (Wildman–Crippen LogP) is 3.84. The van der Waals surface area contributed by atoms with Crippen molar-refractivity contribution in [2.75, 3.05) is 36.5 Å². The lowest BCUT2D eigenvalue weighted by Gasteiger charge is -2.29. The first-order valence-electron chi connectivity index (χ1n) is 12.3. The van der Waals surface area contributed by atoms with Gasteiger partial charge in [0.2, 0.25) is 15.9 Å². The number of H-pyrrole nitrogens is 1. The largest absolute Gasteiger partial charge is 0.378 e. The number of benzene rings is 3. The lowest BCUT2D eigenvalue weighted by Crippen LogP contribution is -2.45. The smallest absolute Gasteiger partial charge is 0.242 e. The Labute approximate surface area is 216 Å². The van der Waals surface area contributed by atoms with Gasteiger partial charge in [0.1, 0.15) is 6.04 Å². The minimum absolute atomic E-state index is 0.115. The third-order valence-electron chi connectivity index (χ3n) is 6.56. The number of carbonyl (C=O) groups is 1. The average Bonchev–Trinajstić information content (AvgIpc) is 3.32. The second-order valence-corrected chi connectivity index (χ2v) is 10.9. The van der Waals surface area contributed by atoms with Crippen molar-refractivity contribution in [3.05, 3.63) is 90.1 Å². The SMILES string of the molecule is Cc1ccc(S(=O)(=O)N[C@@H](Cc2c[nH]c3ccccc23)C(=O)Nc2ccc(N3CCOCC3)cc2)cc1. The molecule has 1 aliphatic heterocycles. The second kappa shape index (κ2) is 10.8. The van der Waals surface area contributed by atoms with E-state index in [2.05, 4.69) is 19.9 Å². The predicted molar refractivity (Wildman–Crippen MR) is 145 cm³/mol. The maximum absolute atomic E-state index is 13.4. The number of anilines is 2. The molecule has 8 nitrogen and oxygen atoms in total. The summed E-state index contributed by atoms with van der Waals surface area (Å²) < 4.78 is 34.5. The number of hydrogen-bond donors (Lipinski definition) is 3. The van der Waals surface area contributed by atoms with Crippen LogP contribution in [0.25, 0.3) is 10.9 Å². The van der Waals surface area contributed by atoms with Crippen molar-refractivity contribution in [1.29, 1.82) is 0 Å². The van der Waals surface area contributed by atoms with Crippen LogP contribution >= 0.6 is 0 Å². The molecule has 4 aromatic rings. The molecule has 0 unspecified atom stereocenters. The van der Waals surface area contributed by atoms with Gasteiger partial charge in [-0.1, -0.05) is 35.9 Å². The summed E-state index contributed by atoms with van der Waals surface area (Å²) in [4.78, 5) is 19.0. The van der Waals surface area contributed by atoms with Crippen molar-refractivity contribution >= 4 is 38.2 Å². The number of nitrogens with one attached hydrogen (secondary N) is 3. The van der Waals surface area contributed by atoms with Crippen molar-refractivity contribution < 1.29 is 17.9 Å². The fourth-order valence-electron chi connectivity index (χ4n) is 4.49. The van der Waals surface area contributed by atoms with E-state index in [1.54, 1.807) is 24.3 Å². The van der Waals surface area contributed by atoms with Gasteiger partial charge in [-0.3, -0.25) is 4.79 Å². The van der Waals surface area contributed by atoms with Crippen molar-refractivity contribution in [3.8, 4) is 0 Å². The summed E-state index contributed by atoms with van der Waals surface area (Å²) in [7, 11) is -3.93. The number of hydrogen-bond acceptors (Lipinski definition) is 5. The maximum atomic E-state index is 13.4. The molecule has 0 saturated carbocycles. The number of rotatable bonds is 8. The number of carbonyl (C=O) groups excluding carboxylic acids is 1. The van der Waals surface area contributed by atoms with Crippen molar-refractivity contribution in [2.24, 2.45) is 0 Å². The van der Waals surface area contributed by atoms with Gasteiger partial charge in [-0.25, -0.2) is 8.42 Å². The normalized spacial score (nSPS) is 15.0. The molecular formula is C28H30N4O4S. The highest BCUT2D eigenvalue weighted by Crippen LogP contribution is 2.22. The fourth-order valence-corrected chi connectivity index (χ4v) is 5.68. The topological polar surface area (TPSA) is 104 Å². The summed E-state index contributed by atoms with van der Waals surface area (Å²) in [6, 6.07) is 20.8. The van der Waals surface area contributed by atoms with Crippen LogP contribution < -0.4 is 14.9 Å². The van der Waals surface area contributed by atoms with Gasteiger partial charge in [-0.05, 0) is 61.4 Å². The monoisotopic (exact) mass is 518 g/mol. The van der Waals surface area contributed by atoms with Crippen LogP contribution in [-0.2, 0) is 26.0 Å². The molecule has 0 aliphatic carbocycles. The number of aromatic nitrogens is 1. The van der Waals surface area contributed by atoms with Crippen LogP contribution in [0.2, 0.25) is 0 Å². The molecule has 1 fully saturated rings. The van der Waals surface area contributed by atoms with E-state index in [0.29, 0.717) is 18.9 Å². The number of aryl methyl sites for hydroxylation is 1. The summed E-state index contributed by atoms with van der Waals surface area (Å²) >= 11 is 0. The van der Waals surface area contributed by atoms with Gasteiger partial charge >= 0.3 is 0 Å². The van der Waals surface area contributed by atoms with E-state index in [1.807, 2.05) is 61.7 Å². The zero-order valence-corrected chi connectivity index (χ0v) is 21.4. The third-order valence-corrected chi connectivity index (χ3v) is 8.04. The standard InChI is InChI=1S/C28H30N4O4S/c1-20-6-12-24(13-7-20)37(34,35)31-27(18-21-19-29-26-5-3-2-4-25(21)26)28(33)30-22-8-10-23(11-9-22)32-14-16-36-17-15-32/h2-13,19,27,29,31H,14-18H2,1H3,(H,30,33)/t27-/m0/s1. The molecule has 37 heavy (non-hydrogen) atoms. The first-order valence-corrected chi connectivity index (χ1v) is 13.7. The molecule has 0 radical (unpaired) electrons. The van der Waals surface area contributed by atoms with Crippen LogP contribution in [0.5, 0.6) is 0 Å². The Balaban J connectivity index is 1.38. The number of sulfonamides is 1. The summed E-state index contributed by atoms with van der Waals surface area (Å²) in [5.74, 6) is -0.430. The average molecular weight is 519 g/mol. The third kappa shape index (κ3) is 5.85. The zero-order valence-electron chi connectivity index (χ0n) is 20.6. The minimum atomic E-state index is -3.93. The Hall–Kier alpha value is -3.66. The van der Waals surface area contributed by atoms with Gasteiger partial charge < -0.3 is 19.9 Å². The Bertz CT molecular complexity index is 1470. The zero-order chi connectivity index (χ0) is 25.8. The number of morpholine rings is 1. The van der Waals surface area contributed by atoms with Gasteiger partial charge in [0.15, 0.2) is 0 Å². The molecule has 9 heteroatoms. The highest BCUT2D eigenvalue weighted by Gasteiger charge is 2.27. The maximum Gasteiger partial charge on any atom is 0.242 e. The second-order valence-electron chi connectivity index (χ2n) is 9.19. The van der Waals surface area contributed by atoms with Gasteiger partial charge in [0, 0.05) is 41.6 Å². The van der Waals surface area contributed by atoms with Gasteiger partial charge in [0.05, 0.1) is 18.1 Å². The van der Waals surface area contributed by atoms with Gasteiger partial charge in [0.25, 0.3) is 0 Å². The Morgan fingerprint density at radius 2 is 1.70 bits per heavy atom. The number of aromatic amines is 1. The molecule has 2 heterocycles. The van der Waals surface area contributed by atoms with Gasteiger partial charge in [-0.2, -0.15) is 4.72 Å². The van der Waals surface area contributed by atoms with Crippen molar-refractivity contribution in [2.45, 2.75) is 24.3 Å². The van der Waals surface area contributed by atoms with Crippen LogP contribution in [0.1, 0.15) is 11.1 Å². The van der Waals surface area contributed by atoms with Crippen LogP contribution in [0, 0.1) is 6.92 Å². The summed E-state index contributed by atoms with van der Waals surface area (Å²) in [6.07, 6.45) is 2.01. The summed E-state index contributed by atoms with van der Waals surface area (Å²) in [6.45, 7) is 4.91. The van der Waals surface area contributed by atoms with E-state index in [4.69, 9.17) is 4.74 Å². The number of para-hydroxylation sites is 1. The first-order chi connectivity index (χ1) is 17.9. The Morgan fingerprint density at radius 3 is 2.43 bits per heavy atom. The Kier molecular flexibility index (Phi) is 7.27. The molecule has 0 bridgehead atoms. The molecule has 192 valence electrons. The van der Waals surface area contributed by atoms with Gasteiger partial charge in [-0.15, -0.1) is 0 Å². The quantitative estimate of drug-likeness (QED) is 0.329. The highest BCUT2D eigenvalue weighted by molar-refractivity contribution is 7.89. The molecule has 1 atom stereocenters. The molecule has 1 saturated heterocycles. The molecule has 3 aromatic carbocycles. The molecule has 3 N–H and O–H groups in total. The van der Waals surface area contributed by atoms with Crippen molar-refractivity contribution in [1.82, 2.24) is 9.71 Å². The molecule has 5 rings (SSSR count). The van der Waals surface area contributed by atoms with E-state index in [-0.39, 0.29) is 11.3 Å². The molecule has 1 aromatic heterocycles. The number of fused-ring (bicyclic) bond motifs is 1. The van der Waals surface area contributed by atoms with E-state index < -0.39 is 22.0 Å².